The van der Waals surface area contributed by atoms with Crippen LogP contribution in [0.2, 0.25) is 0 Å². The van der Waals surface area contributed by atoms with Gasteiger partial charge in [0, 0.05) is 37.9 Å². The molecule has 0 aliphatic carbocycles. The fourth-order valence-electron chi connectivity index (χ4n) is 4.08. The highest BCUT2D eigenvalue weighted by Gasteiger charge is 2.26. The van der Waals surface area contributed by atoms with E-state index in [0.29, 0.717) is 12.3 Å². The van der Waals surface area contributed by atoms with Gasteiger partial charge in [0.15, 0.2) is 0 Å². The maximum atomic E-state index is 12.8. The van der Waals surface area contributed by atoms with Gasteiger partial charge in [0.1, 0.15) is 5.82 Å². The van der Waals surface area contributed by atoms with Gasteiger partial charge in [-0.3, -0.25) is 4.79 Å². The summed E-state index contributed by atoms with van der Waals surface area (Å²) in [6.45, 7) is 7.93. The van der Waals surface area contributed by atoms with Crippen molar-refractivity contribution in [1.29, 1.82) is 0 Å². The highest BCUT2D eigenvalue weighted by Crippen LogP contribution is 2.27. The lowest BCUT2D eigenvalue weighted by Crippen LogP contribution is -2.39. The van der Waals surface area contributed by atoms with E-state index in [1.54, 1.807) is 0 Å². The van der Waals surface area contributed by atoms with Crippen LogP contribution in [0.25, 0.3) is 0 Å². The minimum absolute atomic E-state index is 0.251. The quantitative estimate of drug-likeness (QED) is 0.737. The van der Waals surface area contributed by atoms with Crippen LogP contribution in [0, 0.1) is 13.8 Å². The van der Waals surface area contributed by atoms with Gasteiger partial charge in [0.05, 0.1) is 6.42 Å². The molecule has 5 heteroatoms. The summed E-state index contributed by atoms with van der Waals surface area (Å²) in [4.78, 5) is 21.7. The second-order valence-electron chi connectivity index (χ2n) is 8.40. The Morgan fingerprint density at radius 2 is 1.96 bits per heavy atom. The van der Waals surface area contributed by atoms with Crippen molar-refractivity contribution in [1.82, 2.24) is 19.4 Å². The Labute approximate surface area is 169 Å². The van der Waals surface area contributed by atoms with Crippen molar-refractivity contribution in [3.8, 4) is 0 Å². The molecule has 1 aromatic carbocycles. The number of piperidine rings is 1. The van der Waals surface area contributed by atoms with E-state index < -0.39 is 0 Å². The fraction of sp³-hybridized carbons (Fsp3) is 0.565. The number of aromatic nitrogens is 2. The molecule has 1 saturated heterocycles. The van der Waals surface area contributed by atoms with Gasteiger partial charge in [-0.25, -0.2) is 4.98 Å². The lowest BCUT2D eigenvalue weighted by Gasteiger charge is -2.32. The van der Waals surface area contributed by atoms with Gasteiger partial charge in [-0.15, -0.1) is 0 Å². The lowest BCUT2D eigenvalue weighted by molar-refractivity contribution is -0.131. The lowest BCUT2D eigenvalue weighted by atomic mass is 9.95. The molecule has 1 aromatic heterocycles. The molecule has 0 unspecified atom stereocenters. The number of carbonyl (C=O) groups is 1. The third-order valence-corrected chi connectivity index (χ3v) is 5.81. The van der Waals surface area contributed by atoms with Gasteiger partial charge in [-0.2, -0.15) is 0 Å². The Balaban J connectivity index is 1.54. The normalized spacial score (nSPS) is 15.4. The fourth-order valence-corrected chi connectivity index (χ4v) is 4.08. The minimum Gasteiger partial charge on any atom is -0.342 e. The zero-order valence-corrected chi connectivity index (χ0v) is 17.8. The number of hydrogen-bond donors (Lipinski definition) is 0. The Kier molecular flexibility index (Phi) is 6.89. The van der Waals surface area contributed by atoms with Crippen LogP contribution in [0.15, 0.2) is 30.6 Å². The first-order valence-corrected chi connectivity index (χ1v) is 10.4. The molecule has 1 aliphatic heterocycles. The third kappa shape index (κ3) is 5.22. The summed E-state index contributed by atoms with van der Waals surface area (Å²) in [5.41, 5.74) is 3.57. The molecule has 0 bridgehead atoms. The van der Waals surface area contributed by atoms with Crippen molar-refractivity contribution in [2.24, 2.45) is 0 Å². The molecule has 1 fully saturated rings. The Morgan fingerprint density at radius 3 is 2.68 bits per heavy atom. The van der Waals surface area contributed by atoms with Crippen LogP contribution in [0.1, 0.15) is 47.7 Å². The molecule has 1 amide bonds. The molecule has 0 atom stereocenters. The number of imidazole rings is 1. The van der Waals surface area contributed by atoms with E-state index in [9.17, 15) is 4.79 Å². The second-order valence-corrected chi connectivity index (χ2v) is 8.40. The predicted octanol–water partition coefficient (Wildman–Crippen LogP) is 3.40. The van der Waals surface area contributed by atoms with Crippen LogP contribution >= 0.6 is 0 Å². The molecular weight excluding hydrogens is 348 g/mol. The van der Waals surface area contributed by atoms with Crippen molar-refractivity contribution in [3.05, 3.63) is 53.1 Å². The third-order valence-electron chi connectivity index (χ3n) is 5.81. The molecule has 152 valence electrons. The summed E-state index contributed by atoms with van der Waals surface area (Å²) in [5, 5.41) is 0. The molecule has 28 heavy (non-hydrogen) atoms. The van der Waals surface area contributed by atoms with Gasteiger partial charge in [-0.05, 0) is 64.9 Å². The van der Waals surface area contributed by atoms with Crippen LogP contribution in [0.4, 0.5) is 0 Å². The number of amides is 1. The molecule has 0 N–H and O–H groups in total. The van der Waals surface area contributed by atoms with Crippen molar-refractivity contribution in [2.45, 2.75) is 52.0 Å². The summed E-state index contributed by atoms with van der Waals surface area (Å²) < 4.78 is 2.31. The first kappa shape index (κ1) is 20.6. The van der Waals surface area contributed by atoms with Crippen LogP contribution in [0.3, 0.4) is 0 Å². The number of hydrogen-bond acceptors (Lipinski definition) is 3. The molecule has 2 aromatic rings. The van der Waals surface area contributed by atoms with Crippen LogP contribution in [-0.2, 0) is 17.8 Å². The van der Waals surface area contributed by atoms with Crippen molar-refractivity contribution in [2.75, 3.05) is 33.7 Å². The van der Waals surface area contributed by atoms with E-state index in [1.165, 1.54) is 17.0 Å². The maximum absolute atomic E-state index is 12.8. The van der Waals surface area contributed by atoms with Gasteiger partial charge in [0.25, 0.3) is 0 Å². The summed E-state index contributed by atoms with van der Waals surface area (Å²) in [6.07, 6.45) is 7.67. The Bertz CT molecular complexity index is 788. The maximum Gasteiger partial charge on any atom is 0.227 e. The molecule has 2 heterocycles. The zero-order chi connectivity index (χ0) is 20.1. The number of benzene rings is 1. The number of carbonyl (C=O) groups excluding carboxylic acids is 1. The van der Waals surface area contributed by atoms with Crippen LogP contribution in [-0.4, -0.2) is 59.0 Å². The van der Waals surface area contributed by atoms with E-state index in [1.807, 2.05) is 11.1 Å². The first-order valence-electron chi connectivity index (χ1n) is 10.4. The average molecular weight is 383 g/mol. The summed E-state index contributed by atoms with van der Waals surface area (Å²) >= 11 is 0. The Morgan fingerprint density at radius 1 is 1.21 bits per heavy atom. The van der Waals surface area contributed by atoms with E-state index >= 15 is 0 Å². The monoisotopic (exact) mass is 382 g/mol. The SMILES string of the molecule is Cc1ccc(C)c(CC(=O)N2CCC(c3nccn3CCCN(C)C)CC2)c1. The summed E-state index contributed by atoms with van der Waals surface area (Å²) in [6, 6.07) is 6.36. The highest BCUT2D eigenvalue weighted by atomic mass is 16.2. The summed E-state index contributed by atoms with van der Waals surface area (Å²) in [7, 11) is 4.22. The van der Waals surface area contributed by atoms with E-state index in [-0.39, 0.29) is 5.91 Å². The summed E-state index contributed by atoms with van der Waals surface area (Å²) in [5.74, 6) is 1.90. The molecular formula is C23H34N4O. The number of likely N-dealkylation sites (tertiary alicyclic amines) is 1. The average Bonchev–Trinajstić information content (AvgIpc) is 3.13. The predicted molar refractivity (Wildman–Crippen MR) is 114 cm³/mol. The molecule has 3 rings (SSSR count). The van der Waals surface area contributed by atoms with Gasteiger partial charge >= 0.3 is 0 Å². The van der Waals surface area contributed by atoms with Crippen LogP contribution < -0.4 is 0 Å². The van der Waals surface area contributed by atoms with Crippen molar-refractivity contribution in [3.63, 3.8) is 0 Å². The molecule has 1 aliphatic rings. The zero-order valence-electron chi connectivity index (χ0n) is 17.8. The topological polar surface area (TPSA) is 41.4 Å². The van der Waals surface area contributed by atoms with Gasteiger partial charge in [0.2, 0.25) is 5.91 Å². The molecule has 5 nitrogen and oxygen atoms in total. The number of nitrogens with zero attached hydrogens (tertiary/aromatic N) is 4. The van der Waals surface area contributed by atoms with E-state index in [2.05, 4.69) is 66.8 Å². The molecule has 0 spiro atoms. The van der Waals surface area contributed by atoms with Crippen molar-refractivity contribution >= 4 is 5.91 Å². The van der Waals surface area contributed by atoms with Gasteiger partial charge < -0.3 is 14.4 Å². The Hall–Kier alpha value is -2.14. The molecule has 0 saturated carbocycles. The smallest absolute Gasteiger partial charge is 0.227 e. The highest BCUT2D eigenvalue weighted by molar-refractivity contribution is 5.79. The minimum atomic E-state index is 0.251. The van der Waals surface area contributed by atoms with Gasteiger partial charge in [-0.1, -0.05) is 23.8 Å². The van der Waals surface area contributed by atoms with E-state index in [4.69, 9.17) is 0 Å². The number of aryl methyl sites for hydroxylation is 3. The standard InChI is InChI=1S/C23H34N4O/c1-18-6-7-19(2)21(16-18)17-22(28)26-13-8-20(9-14-26)23-24-10-15-27(23)12-5-11-25(3)4/h6-7,10,15-16,20H,5,8-9,11-14,17H2,1-4H3. The first-order chi connectivity index (χ1) is 13.4. The van der Waals surface area contributed by atoms with Crippen LogP contribution in [0.5, 0.6) is 0 Å². The van der Waals surface area contributed by atoms with E-state index in [0.717, 1.165) is 51.0 Å². The second kappa shape index (κ2) is 9.37. The van der Waals surface area contributed by atoms with Crippen molar-refractivity contribution < 1.29 is 4.79 Å². The molecule has 0 radical (unpaired) electrons. The largest absolute Gasteiger partial charge is 0.342 e. The number of rotatable bonds is 7.